The van der Waals surface area contributed by atoms with E-state index in [0.717, 1.165) is 0 Å². The molecule has 3 aromatic rings. The number of aromatic nitrogens is 4. The van der Waals surface area contributed by atoms with E-state index in [9.17, 15) is 14.0 Å². The molecule has 2 aromatic heterocycles. The number of H-pyrrole nitrogens is 2. The number of ether oxygens (including phenoxy) is 1. The summed E-state index contributed by atoms with van der Waals surface area (Å²) < 4.78 is 19.5. The summed E-state index contributed by atoms with van der Waals surface area (Å²) in [5.74, 6) is -0.0895. The zero-order chi connectivity index (χ0) is 15.1. The summed E-state index contributed by atoms with van der Waals surface area (Å²) in [6.45, 7) is 0. The monoisotopic (exact) mass is 290 g/mol. The number of fused-ring (bicyclic) bond motifs is 1. The molecule has 0 unspecified atom stereocenters. The Bertz CT molecular complexity index is 954. The minimum Gasteiger partial charge on any atom is -0.494 e. The molecule has 0 aliphatic heterocycles. The number of hydrogen-bond acceptors (Lipinski definition) is 4. The van der Waals surface area contributed by atoms with E-state index in [4.69, 9.17) is 4.74 Å². The van der Waals surface area contributed by atoms with Gasteiger partial charge in [-0.15, -0.1) is 0 Å². The number of aryl methyl sites for hydroxylation is 1. The lowest BCUT2D eigenvalue weighted by Crippen LogP contribution is -2.28. The molecule has 0 saturated carbocycles. The Morgan fingerprint density at radius 3 is 2.76 bits per heavy atom. The van der Waals surface area contributed by atoms with Crippen LogP contribution in [0.25, 0.3) is 22.6 Å². The Hall–Kier alpha value is -2.90. The minimum absolute atomic E-state index is 0.0655. The molecule has 3 rings (SSSR count). The predicted octanol–water partition coefficient (Wildman–Crippen LogP) is 0.765. The van der Waals surface area contributed by atoms with Gasteiger partial charge in [0.05, 0.1) is 7.11 Å². The van der Waals surface area contributed by atoms with Crippen molar-refractivity contribution in [2.75, 3.05) is 7.11 Å². The quantitative estimate of drug-likeness (QED) is 0.729. The number of benzene rings is 1. The van der Waals surface area contributed by atoms with Crippen LogP contribution in [0.15, 0.2) is 27.8 Å². The normalized spacial score (nSPS) is 11.0. The van der Waals surface area contributed by atoms with Crippen molar-refractivity contribution in [2.45, 2.75) is 0 Å². The van der Waals surface area contributed by atoms with Gasteiger partial charge in [0.15, 0.2) is 17.2 Å². The molecule has 0 radical (unpaired) electrons. The third kappa shape index (κ3) is 2.00. The predicted molar refractivity (Wildman–Crippen MR) is 73.9 cm³/mol. The van der Waals surface area contributed by atoms with Crippen molar-refractivity contribution < 1.29 is 9.13 Å². The van der Waals surface area contributed by atoms with E-state index in [0.29, 0.717) is 11.4 Å². The van der Waals surface area contributed by atoms with E-state index in [1.54, 1.807) is 0 Å². The Morgan fingerprint density at radius 2 is 2.05 bits per heavy atom. The second-order valence-corrected chi connectivity index (χ2v) is 4.45. The van der Waals surface area contributed by atoms with E-state index < -0.39 is 17.1 Å². The smallest absolute Gasteiger partial charge is 0.329 e. The molecular weight excluding hydrogens is 279 g/mol. The van der Waals surface area contributed by atoms with Gasteiger partial charge in [0.2, 0.25) is 0 Å². The van der Waals surface area contributed by atoms with Crippen molar-refractivity contribution >= 4 is 11.2 Å². The van der Waals surface area contributed by atoms with Crippen LogP contribution in [0, 0.1) is 5.82 Å². The van der Waals surface area contributed by atoms with Crippen LogP contribution in [0.5, 0.6) is 5.75 Å². The molecule has 0 aliphatic rings. The molecule has 8 heteroatoms. The van der Waals surface area contributed by atoms with Gasteiger partial charge in [-0.1, -0.05) is 0 Å². The van der Waals surface area contributed by atoms with Crippen LogP contribution in [-0.4, -0.2) is 26.6 Å². The van der Waals surface area contributed by atoms with E-state index in [-0.39, 0.29) is 16.9 Å². The Kier molecular flexibility index (Phi) is 2.86. The molecule has 0 saturated heterocycles. The summed E-state index contributed by atoms with van der Waals surface area (Å²) in [6.07, 6.45) is 0. The van der Waals surface area contributed by atoms with Crippen molar-refractivity contribution in [2.24, 2.45) is 7.05 Å². The summed E-state index contributed by atoms with van der Waals surface area (Å²) in [4.78, 5) is 32.5. The van der Waals surface area contributed by atoms with E-state index in [1.807, 2.05) is 0 Å². The van der Waals surface area contributed by atoms with Gasteiger partial charge in [-0.25, -0.2) is 14.2 Å². The van der Waals surface area contributed by atoms with Crippen molar-refractivity contribution in [3.63, 3.8) is 0 Å². The van der Waals surface area contributed by atoms with E-state index in [2.05, 4.69) is 15.0 Å². The SMILES string of the molecule is COc1cc(-c2nc3c([nH]2)c(=O)[nH]c(=O)n3C)ccc1F. The number of halogens is 1. The average molecular weight is 290 g/mol. The molecule has 0 aliphatic carbocycles. The van der Waals surface area contributed by atoms with Gasteiger partial charge in [0.1, 0.15) is 11.3 Å². The molecule has 0 atom stereocenters. The summed E-state index contributed by atoms with van der Waals surface area (Å²) >= 11 is 0. The average Bonchev–Trinajstić information content (AvgIpc) is 2.91. The van der Waals surface area contributed by atoms with Gasteiger partial charge in [-0.3, -0.25) is 14.3 Å². The lowest BCUT2D eigenvalue weighted by molar-refractivity contribution is 0.387. The molecule has 7 nitrogen and oxygen atoms in total. The van der Waals surface area contributed by atoms with Crippen molar-refractivity contribution in [1.29, 1.82) is 0 Å². The molecule has 0 bridgehead atoms. The Balaban J connectivity index is 2.27. The maximum Gasteiger partial charge on any atom is 0.329 e. The number of imidazole rings is 1. The summed E-state index contributed by atoms with van der Waals surface area (Å²) in [7, 11) is 2.85. The summed E-state index contributed by atoms with van der Waals surface area (Å²) in [5.41, 5.74) is -0.170. The highest BCUT2D eigenvalue weighted by molar-refractivity contribution is 5.75. The van der Waals surface area contributed by atoms with Crippen LogP contribution < -0.4 is 16.0 Å². The molecule has 21 heavy (non-hydrogen) atoms. The van der Waals surface area contributed by atoms with Gasteiger partial charge < -0.3 is 9.72 Å². The summed E-state index contributed by atoms with van der Waals surface area (Å²) in [6, 6.07) is 4.20. The van der Waals surface area contributed by atoms with Crippen LogP contribution in [-0.2, 0) is 7.05 Å². The van der Waals surface area contributed by atoms with Crippen LogP contribution in [0.1, 0.15) is 0 Å². The fraction of sp³-hybridized carbons (Fsp3) is 0.154. The number of methoxy groups -OCH3 is 1. The fourth-order valence-electron chi connectivity index (χ4n) is 2.05. The number of rotatable bonds is 2. The van der Waals surface area contributed by atoms with Crippen LogP contribution in [0.4, 0.5) is 4.39 Å². The van der Waals surface area contributed by atoms with Crippen LogP contribution in [0.3, 0.4) is 0 Å². The highest BCUT2D eigenvalue weighted by Gasteiger charge is 2.13. The number of nitrogens with zero attached hydrogens (tertiary/aromatic N) is 2. The largest absolute Gasteiger partial charge is 0.494 e. The molecule has 0 amide bonds. The van der Waals surface area contributed by atoms with Crippen molar-refractivity contribution in [3.05, 3.63) is 44.9 Å². The number of hydrogen-bond donors (Lipinski definition) is 2. The van der Waals surface area contributed by atoms with Gasteiger partial charge in [0, 0.05) is 12.6 Å². The first-order chi connectivity index (χ1) is 10.0. The van der Waals surface area contributed by atoms with Gasteiger partial charge >= 0.3 is 5.69 Å². The third-order valence-corrected chi connectivity index (χ3v) is 3.18. The molecule has 2 N–H and O–H groups in total. The van der Waals surface area contributed by atoms with Gasteiger partial charge in [-0.2, -0.15) is 0 Å². The second kappa shape index (κ2) is 4.58. The topological polar surface area (TPSA) is 92.8 Å². The Labute approximate surface area is 117 Å². The lowest BCUT2D eigenvalue weighted by Gasteiger charge is -2.03. The summed E-state index contributed by atoms with van der Waals surface area (Å²) in [5, 5.41) is 0. The van der Waals surface area contributed by atoms with Gasteiger partial charge in [-0.05, 0) is 18.2 Å². The van der Waals surface area contributed by atoms with Crippen molar-refractivity contribution in [3.8, 4) is 17.1 Å². The number of aromatic amines is 2. The number of nitrogens with one attached hydrogen (secondary N) is 2. The molecule has 108 valence electrons. The lowest BCUT2D eigenvalue weighted by atomic mass is 10.2. The Morgan fingerprint density at radius 1 is 1.29 bits per heavy atom. The molecule has 0 fully saturated rings. The maximum absolute atomic E-state index is 13.4. The zero-order valence-electron chi connectivity index (χ0n) is 11.2. The highest BCUT2D eigenvalue weighted by atomic mass is 19.1. The minimum atomic E-state index is -0.555. The third-order valence-electron chi connectivity index (χ3n) is 3.18. The maximum atomic E-state index is 13.4. The fourth-order valence-corrected chi connectivity index (χ4v) is 2.05. The van der Waals surface area contributed by atoms with E-state index in [1.165, 1.54) is 36.9 Å². The second-order valence-electron chi connectivity index (χ2n) is 4.45. The zero-order valence-corrected chi connectivity index (χ0v) is 11.2. The molecule has 1 aromatic carbocycles. The first kappa shape index (κ1) is 13.1. The van der Waals surface area contributed by atoms with Crippen LogP contribution >= 0.6 is 0 Å². The van der Waals surface area contributed by atoms with E-state index >= 15 is 0 Å². The first-order valence-electron chi connectivity index (χ1n) is 6.04. The standard InChI is InChI=1S/C13H11FN4O3/c1-18-11-9(12(19)17-13(18)20)15-10(16-11)6-3-4-7(14)8(5-6)21-2/h3-5H,1-2H3,(H,15,16)(H,17,19,20). The van der Waals surface area contributed by atoms with Gasteiger partial charge in [0.25, 0.3) is 5.56 Å². The molecule has 2 heterocycles. The highest BCUT2D eigenvalue weighted by Crippen LogP contribution is 2.25. The van der Waals surface area contributed by atoms with Crippen LogP contribution in [0.2, 0.25) is 0 Å². The molecular formula is C13H11FN4O3. The molecule has 0 spiro atoms. The first-order valence-corrected chi connectivity index (χ1v) is 6.04. The van der Waals surface area contributed by atoms with Crippen molar-refractivity contribution in [1.82, 2.24) is 19.5 Å².